The van der Waals surface area contributed by atoms with Crippen LogP contribution in [0.5, 0.6) is 0 Å². The minimum Gasteiger partial charge on any atom is -0.341 e. The summed E-state index contributed by atoms with van der Waals surface area (Å²) in [7, 11) is 1.79. The molecule has 1 aromatic rings. The third kappa shape index (κ3) is 4.41. The van der Waals surface area contributed by atoms with Gasteiger partial charge in [-0.2, -0.15) is 0 Å². The Bertz CT molecular complexity index is 345. The first-order valence-electron chi connectivity index (χ1n) is 4.74. The first-order chi connectivity index (χ1) is 7.04. The Morgan fingerprint density at radius 3 is 2.69 bits per heavy atom. The number of thiophene rings is 1. The maximum atomic E-state index is 11.8. The van der Waals surface area contributed by atoms with Gasteiger partial charge in [-0.05, 0) is 35.0 Å². The summed E-state index contributed by atoms with van der Waals surface area (Å²) in [5.41, 5.74) is 5.51. The molecule has 16 heavy (non-hydrogen) atoms. The number of carbonyl (C=O) groups is 1. The summed E-state index contributed by atoms with van der Waals surface area (Å²) >= 11 is 4.97. The number of carbonyl (C=O) groups excluding carboxylic acids is 1. The zero-order valence-corrected chi connectivity index (χ0v) is 12.5. The van der Waals surface area contributed by atoms with E-state index in [2.05, 4.69) is 15.9 Å². The molecule has 6 heteroatoms. The molecule has 2 N–H and O–H groups in total. The Labute approximate surface area is 115 Å². The summed E-state index contributed by atoms with van der Waals surface area (Å²) in [4.78, 5) is 14.6. The number of halogens is 2. The summed E-state index contributed by atoms with van der Waals surface area (Å²) < 4.78 is 1.06. The van der Waals surface area contributed by atoms with Gasteiger partial charge in [0.15, 0.2) is 0 Å². The molecule has 1 atom stereocenters. The van der Waals surface area contributed by atoms with Gasteiger partial charge in [0.1, 0.15) is 0 Å². The van der Waals surface area contributed by atoms with Crippen molar-refractivity contribution in [1.82, 2.24) is 4.90 Å². The molecule has 3 nitrogen and oxygen atoms in total. The van der Waals surface area contributed by atoms with Crippen LogP contribution in [0.2, 0.25) is 0 Å². The van der Waals surface area contributed by atoms with Gasteiger partial charge in [-0.25, -0.2) is 0 Å². The fourth-order valence-corrected chi connectivity index (χ4v) is 2.60. The van der Waals surface area contributed by atoms with Crippen molar-refractivity contribution >= 4 is 45.6 Å². The SMILES string of the molecule is CC(CN)N(C)C(=O)Cc1ccc(Br)s1.Cl. The molecule has 0 aromatic carbocycles. The lowest BCUT2D eigenvalue weighted by Crippen LogP contribution is -2.40. The van der Waals surface area contributed by atoms with Crippen LogP contribution in [0.4, 0.5) is 0 Å². The first-order valence-corrected chi connectivity index (χ1v) is 6.35. The van der Waals surface area contributed by atoms with Crippen molar-refractivity contribution in [2.45, 2.75) is 19.4 Å². The van der Waals surface area contributed by atoms with E-state index >= 15 is 0 Å². The van der Waals surface area contributed by atoms with Gasteiger partial charge in [-0.1, -0.05) is 0 Å². The normalized spacial score (nSPS) is 11.8. The van der Waals surface area contributed by atoms with Crippen molar-refractivity contribution in [3.63, 3.8) is 0 Å². The van der Waals surface area contributed by atoms with Crippen LogP contribution < -0.4 is 5.73 Å². The zero-order valence-electron chi connectivity index (χ0n) is 9.27. The Balaban J connectivity index is 0.00000225. The van der Waals surface area contributed by atoms with Gasteiger partial charge in [0.05, 0.1) is 10.2 Å². The number of nitrogens with zero attached hydrogens (tertiary/aromatic N) is 1. The highest BCUT2D eigenvalue weighted by atomic mass is 79.9. The second-order valence-electron chi connectivity index (χ2n) is 3.47. The van der Waals surface area contributed by atoms with Crippen molar-refractivity contribution in [2.75, 3.05) is 13.6 Å². The van der Waals surface area contributed by atoms with E-state index in [9.17, 15) is 4.79 Å². The topological polar surface area (TPSA) is 46.3 Å². The lowest BCUT2D eigenvalue weighted by Gasteiger charge is -2.23. The maximum absolute atomic E-state index is 11.8. The molecule has 1 heterocycles. The van der Waals surface area contributed by atoms with E-state index in [0.717, 1.165) is 8.66 Å². The van der Waals surface area contributed by atoms with Crippen LogP contribution >= 0.6 is 39.7 Å². The van der Waals surface area contributed by atoms with Crippen molar-refractivity contribution in [3.05, 3.63) is 20.8 Å². The molecule has 92 valence electrons. The molecule has 0 aliphatic carbocycles. The number of hydrogen-bond acceptors (Lipinski definition) is 3. The quantitative estimate of drug-likeness (QED) is 0.922. The molecule has 1 rings (SSSR count). The van der Waals surface area contributed by atoms with E-state index in [1.54, 1.807) is 23.3 Å². The minimum absolute atomic E-state index is 0. The molecule has 0 saturated heterocycles. The minimum atomic E-state index is 0. The Morgan fingerprint density at radius 1 is 1.62 bits per heavy atom. The van der Waals surface area contributed by atoms with Crippen LogP contribution in [-0.2, 0) is 11.2 Å². The predicted octanol–water partition coefficient (Wildman–Crippen LogP) is 2.28. The van der Waals surface area contributed by atoms with Crippen LogP contribution in [0.1, 0.15) is 11.8 Å². The van der Waals surface area contributed by atoms with E-state index in [1.807, 2.05) is 19.1 Å². The molecule has 1 amide bonds. The number of nitrogens with two attached hydrogens (primary N) is 1. The third-order valence-corrected chi connectivity index (χ3v) is 3.97. The molecule has 0 radical (unpaired) electrons. The average molecular weight is 328 g/mol. The monoisotopic (exact) mass is 326 g/mol. The summed E-state index contributed by atoms with van der Waals surface area (Å²) in [5, 5.41) is 0. The fourth-order valence-electron chi connectivity index (χ4n) is 1.12. The molecule has 1 unspecified atom stereocenters. The summed E-state index contributed by atoms with van der Waals surface area (Å²) in [6.07, 6.45) is 0.455. The van der Waals surface area contributed by atoms with Crippen molar-refractivity contribution < 1.29 is 4.79 Å². The van der Waals surface area contributed by atoms with E-state index in [-0.39, 0.29) is 24.4 Å². The van der Waals surface area contributed by atoms with Crippen molar-refractivity contribution in [3.8, 4) is 0 Å². The summed E-state index contributed by atoms with van der Waals surface area (Å²) in [6, 6.07) is 4.02. The van der Waals surface area contributed by atoms with Gasteiger partial charge >= 0.3 is 0 Å². The second-order valence-corrected chi connectivity index (χ2v) is 6.02. The molecule has 0 saturated carbocycles. The highest BCUT2D eigenvalue weighted by molar-refractivity contribution is 9.11. The molecule has 0 aliphatic heterocycles. The van der Waals surface area contributed by atoms with Crippen LogP contribution in [0.25, 0.3) is 0 Å². The highest BCUT2D eigenvalue weighted by Crippen LogP contribution is 2.22. The van der Waals surface area contributed by atoms with Crippen LogP contribution in [-0.4, -0.2) is 30.4 Å². The van der Waals surface area contributed by atoms with Crippen molar-refractivity contribution in [1.29, 1.82) is 0 Å². The standard InChI is InChI=1S/C10H15BrN2OS.ClH/c1-7(6-12)13(2)10(14)5-8-3-4-9(11)15-8;/h3-4,7H,5-6,12H2,1-2H3;1H. The molecule has 0 fully saturated rings. The number of likely N-dealkylation sites (N-methyl/N-ethyl adjacent to an activating group) is 1. The molecular weight excluding hydrogens is 312 g/mol. The Kier molecular flexibility index (Phi) is 7.22. The molecule has 0 bridgehead atoms. The molecule has 0 aliphatic rings. The van der Waals surface area contributed by atoms with E-state index < -0.39 is 0 Å². The van der Waals surface area contributed by atoms with Gasteiger partial charge in [-0.15, -0.1) is 23.7 Å². The highest BCUT2D eigenvalue weighted by Gasteiger charge is 2.15. The number of rotatable bonds is 4. The van der Waals surface area contributed by atoms with Gasteiger partial charge < -0.3 is 10.6 Å². The maximum Gasteiger partial charge on any atom is 0.227 e. The number of hydrogen-bond donors (Lipinski definition) is 1. The van der Waals surface area contributed by atoms with Crippen molar-refractivity contribution in [2.24, 2.45) is 5.73 Å². The summed E-state index contributed by atoms with van der Waals surface area (Å²) in [5.74, 6) is 0.113. The van der Waals surface area contributed by atoms with E-state index in [4.69, 9.17) is 5.73 Å². The lowest BCUT2D eigenvalue weighted by molar-refractivity contribution is -0.130. The van der Waals surface area contributed by atoms with E-state index in [1.165, 1.54) is 0 Å². The van der Waals surface area contributed by atoms with Crippen LogP contribution in [0, 0.1) is 0 Å². The largest absolute Gasteiger partial charge is 0.341 e. The van der Waals surface area contributed by atoms with Gasteiger partial charge in [0.25, 0.3) is 0 Å². The predicted molar refractivity (Wildman–Crippen MR) is 74.3 cm³/mol. The van der Waals surface area contributed by atoms with Gasteiger partial charge in [0.2, 0.25) is 5.91 Å². The zero-order chi connectivity index (χ0) is 11.4. The van der Waals surface area contributed by atoms with Gasteiger partial charge in [-0.3, -0.25) is 4.79 Å². The summed E-state index contributed by atoms with van der Waals surface area (Å²) in [6.45, 7) is 2.44. The fraction of sp³-hybridized carbons (Fsp3) is 0.500. The Morgan fingerprint density at radius 2 is 2.25 bits per heavy atom. The first kappa shape index (κ1) is 15.9. The Hall–Kier alpha value is -0.100. The smallest absolute Gasteiger partial charge is 0.227 e. The van der Waals surface area contributed by atoms with E-state index in [0.29, 0.717) is 13.0 Å². The molecule has 0 spiro atoms. The second kappa shape index (κ2) is 7.27. The average Bonchev–Trinajstić information content (AvgIpc) is 2.61. The molecule has 1 aromatic heterocycles. The van der Waals surface area contributed by atoms with Crippen LogP contribution in [0.3, 0.4) is 0 Å². The molecular formula is C10H16BrClN2OS. The van der Waals surface area contributed by atoms with Gasteiger partial charge in [0, 0.05) is 24.5 Å². The number of amides is 1. The lowest BCUT2D eigenvalue weighted by atomic mass is 10.2. The van der Waals surface area contributed by atoms with Crippen LogP contribution in [0.15, 0.2) is 15.9 Å². The third-order valence-electron chi connectivity index (χ3n) is 2.35.